The molecule has 2 aromatic heterocycles. The van der Waals surface area contributed by atoms with Gasteiger partial charge in [-0.3, -0.25) is 4.79 Å². The highest BCUT2D eigenvalue weighted by Gasteiger charge is 2.17. The summed E-state index contributed by atoms with van der Waals surface area (Å²) in [6.07, 6.45) is 1.66. The van der Waals surface area contributed by atoms with Crippen LogP contribution in [-0.4, -0.2) is 36.7 Å². The van der Waals surface area contributed by atoms with Gasteiger partial charge in [0.2, 0.25) is 0 Å². The summed E-state index contributed by atoms with van der Waals surface area (Å²) in [5.41, 5.74) is 10.3. The molecule has 1 aliphatic heterocycles. The molecule has 0 spiro atoms. The zero-order valence-electron chi connectivity index (χ0n) is 17.0. The quantitative estimate of drug-likeness (QED) is 0.363. The number of thiophene rings is 1. The first-order valence-corrected chi connectivity index (χ1v) is 10.7. The highest BCUT2D eigenvalue weighted by molar-refractivity contribution is 7.21. The number of carbonyl (C=O) groups excluding carboxylic acids is 1. The molecule has 160 valence electrons. The Labute approximate surface area is 183 Å². The molecule has 1 aliphatic rings. The fourth-order valence-electron chi connectivity index (χ4n) is 3.46. The second-order valence-corrected chi connectivity index (χ2v) is 8.34. The zero-order chi connectivity index (χ0) is 22.0. The maximum atomic E-state index is 14.5. The lowest BCUT2D eigenvalue weighted by molar-refractivity contribution is 0.0959. The number of benzene rings is 1. The number of fused-ring (bicyclic) bond motifs is 1. The number of halogens is 1. The van der Waals surface area contributed by atoms with E-state index in [1.54, 1.807) is 12.1 Å². The summed E-state index contributed by atoms with van der Waals surface area (Å²) in [6.45, 7) is 3.43. The third-order valence-electron chi connectivity index (χ3n) is 5.15. The Balaban J connectivity index is 1.38. The summed E-state index contributed by atoms with van der Waals surface area (Å²) in [5, 5.41) is 17.3. The molecular weight excluding hydrogens is 415 g/mol. The average Bonchev–Trinajstić information content (AvgIpc) is 3.33. The first kappa shape index (κ1) is 21.0. The minimum atomic E-state index is -0.344. The number of carbonyl (C=O) groups is 1. The molecule has 9 heteroatoms. The maximum absolute atomic E-state index is 14.5. The topological polar surface area (TPSA) is 116 Å². The second kappa shape index (κ2) is 8.83. The van der Waals surface area contributed by atoms with E-state index in [4.69, 9.17) is 11.1 Å². The highest BCUT2D eigenvalue weighted by atomic mass is 32.1. The van der Waals surface area contributed by atoms with Crippen molar-refractivity contribution < 1.29 is 9.18 Å². The van der Waals surface area contributed by atoms with Gasteiger partial charge in [-0.2, -0.15) is 0 Å². The summed E-state index contributed by atoms with van der Waals surface area (Å²) in [5.74, 6) is -0.625. The average molecular weight is 439 g/mol. The molecule has 0 radical (unpaired) electrons. The van der Waals surface area contributed by atoms with Gasteiger partial charge in [-0.15, -0.1) is 11.3 Å². The van der Waals surface area contributed by atoms with Crippen LogP contribution in [-0.2, 0) is 6.42 Å². The third-order valence-corrected chi connectivity index (χ3v) is 6.26. The van der Waals surface area contributed by atoms with Gasteiger partial charge < -0.3 is 27.1 Å². The van der Waals surface area contributed by atoms with E-state index < -0.39 is 0 Å². The maximum Gasteiger partial charge on any atom is 0.263 e. The van der Waals surface area contributed by atoms with Crippen LogP contribution in [0.1, 0.15) is 20.9 Å². The van der Waals surface area contributed by atoms with Crippen molar-refractivity contribution in [3.05, 3.63) is 63.6 Å². The van der Waals surface area contributed by atoms with Gasteiger partial charge in [0.1, 0.15) is 15.5 Å². The van der Waals surface area contributed by atoms with Crippen LogP contribution < -0.4 is 21.7 Å². The van der Waals surface area contributed by atoms with Crippen molar-refractivity contribution >= 4 is 45.0 Å². The first-order chi connectivity index (χ1) is 15.0. The minimum Gasteiger partial charge on any atom is -0.397 e. The molecule has 0 saturated heterocycles. The van der Waals surface area contributed by atoms with Crippen molar-refractivity contribution in [3.8, 4) is 0 Å². The molecule has 4 rings (SSSR count). The van der Waals surface area contributed by atoms with E-state index in [1.807, 2.05) is 19.1 Å². The van der Waals surface area contributed by atoms with E-state index in [0.717, 1.165) is 27.2 Å². The van der Waals surface area contributed by atoms with Crippen molar-refractivity contribution in [2.75, 3.05) is 30.7 Å². The molecular formula is C22H23FN6OS. The SMILES string of the molecule is Cc1ccc2c(N)c(C(=O)NCCc3ccc(NC4=C(C=N)CNC4)cc3F)sc2n1. The van der Waals surface area contributed by atoms with Gasteiger partial charge in [0.15, 0.2) is 0 Å². The first-order valence-electron chi connectivity index (χ1n) is 9.88. The summed E-state index contributed by atoms with van der Waals surface area (Å²) in [7, 11) is 0. The Morgan fingerprint density at radius 2 is 2.19 bits per heavy atom. The number of nitrogens with one attached hydrogen (secondary N) is 4. The smallest absolute Gasteiger partial charge is 0.263 e. The number of nitrogens with zero attached hydrogens (tertiary/aromatic N) is 1. The van der Waals surface area contributed by atoms with Crippen LogP contribution in [0.3, 0.4) is 0 Å². The van der Waals surface area contributed by atoms with Crippen LogP contribution >= 0.6 is 11.3 Å². The molecule has 6 N–H and O–H groups in total. The van der Waals surface area contributed by atoms with Crippen LogP contribution in [0.2, 0.25) is 0 Å². The van der Waals surface area contributed by atoms with Crippen LogP contribution in [0, 0.1) is 18.2 Å². The van der Waals surface area contributed by atoms with E-state index in [-0.39, 0.29) is 18.3 Å². The number of hydrogen-bond acceptors (Lipinski definition) is 7. The molecule has 3 heterocycles. The molecule has 0 atom stereocenters. The number of nitrogens with two attached hydrogens (primary N) is 1. The van der Waals surface area contributed by atoms with Crippen molar-refractivity contribution in [2.24, 2.45) is 0 Å². The monoisotopic (exact) mass is 438 g/mol. The molecule has 1 aromatic carbocycles. The van der Waals surface area contributed by atoms with E-state index in [1.165, 1.54) is 23.6 Å². The molecule has 0 fully saturated rings. The van der Waals surface area contributed by atoms with Crippen molar-refractivity contribution in [1.82, 2.24) is 15.6 Å². The minimum absolute atomic E-state index is 0.281. The number of nitrogen functional groups attached to an aromatic ring is 1. The van der Waals surface area contributed by atoms with Gasteiger partial charge in [0.25, 0.3) is 5.91 Å². The van der Waals surface area contributed by atoms with E-state index in [0.29, 0.717) is 41.3 Å². The van der Waals surface area contributed by atoms with E-state index >= 15 is 0 Å². The Morgan fingerprint density at radius 3 is 2.97 bits per heavy atom. The van der Waals surface area contributed by atoms with Crippen LogP contribution in [0.25, 0.3) is 10.2 Å². The molecule has 0 unspecified atom stereocenters. The third kappa shape index (κ3) is 4.42. The van der Waals surface area contributed by atoms with Crippen LogP contribution in [0.15, 0.2) is 41.6 Å². The Kier molecular flexibility index (Phi) is 5.97. The van der Waals surface area contributed by atoms with Gasteiger partial charge in [0, 0.05) is 53.9 Å². The fourth-order valence-corrected chi connectivity index (χ4v) is 4.51. The normalized spacial score (nSPS) is 13.6. The largest absolute Gasteiger partial charge is 0.397 e. The lowest BCUT2D eigenvalue weighted by Crippen LogP contribution is -2.25. The number of pyridine rings is 1. The van der Waals surface area contributed by atoms with Crippen LogP contribution in [0.4, 0.5) is 15.8 Å². The molecule has 0 aliphatic carbocycles. The van der Waals surface area contributed by atoms with Crippen LogP contribution in [0.5, 0.6) is 0 Å². The number of anilines is 2. The molecule has 31 heavy (non-hydrogen) atoms. The summed E-state index contributed by atoms with van der Waals surface area (Å²) in [6, 6.07) is 8.67. The standard InChI is InChI=1S/C22H23FN6OS/c1-12-2-5-16-19(25)20(31-22(16)28-12)21(30)27-7-6-13-3-4-15(8-17(13)23)29-18-11-26-10-14(18)9-24/h2-5,8-9,24,26,29H,6-7,10-11,25H2,1H3,(H,27,30). The Morgan fingerprint density at radius 1 is 1.35 bits per heavy atom. The molecule has 7 nitrogen and oxygen atoms in total. The highest BCUT2D eigenvalue weighted by Crippen LogP contribution is 2.32. The van der Waals surface area contributed by atoms with E-state index in [2.05, 4.69) is 20.9 Å². The molecule has 1 amide bonds. The molecule has 0 bridgehead atoms. The van der Waals surface area contributed by atoms with Gasteiger partial charge in [-0.1, -0.05) is 6.07 Å². The Bertz CT molecular complexity index is 1200. The number of hydrogen-bond donors (Lipinski definition) is 5. The summed E-state index contributed by atoms with van der Waals surface area (Å²) >= 11 is 1.26. The predicted octanol–water partition coefficient (Wildman–Crippen LogP) is 3.22. The second-order valence-electron chi connectivity index (χ2n) is 7.34. The fraction of sp³-hybridized carbons (Fsp3) is 0.227. The van der Waals surface area contributed by atoms with Gasteiger partial charge >= 0.3 is 0 Å². The van der Waals surface area contributed by atoms with E-state index in [9.17, 15) is 9.18 Å². The molecule has 3 aromatic rings. The number of aromatic nitrogens is 1. The zero-order valence-corrected chi connectivity index (χ0v) is 17.8. The van der Waals surface area contributed by atoms with Gasteiger partial charge in [0.05, 0.1) is 5.69 Å². The molecule has 0 saturated carbocycles. The predicted molar refractivity (Wildman–Crippen MR) is 124 cm³/mol. The summed E-state index contributed by atoms with van der Waals surface area (Å²) in [4.78, 5) is 18.1. The van der Waals surface area contributed by atoms with Gasteiger partial charge in [-0.25, -0.2) is 9.37 Å². The Hall–Kier alpha value is -3.30. The lowest BCUT2D eigenvalue weighted by Gasteiger charge is -2.11. The lowest BCUT2D eigenvalue weighted by atomic mass is 10.1. The van der Waals surface area contributed by atoms with Crippen molar-refractivity contribution in [1.29, 1.82) is 5.41 Å². The summed E-state index contributed by atoms with van der Waals surface area (Å²) < 4.78 is 14.5. The number of rotatable bonds is 7. The van der Waals surface area contributed by atoms with Crippen molar-refractivity contribution in [3.63, 3.8) is 0 Å². The van der Waals surface area contributed by atoms with Crippen molar-refractivity contribution in [2.45, 2.75) is 13.3 Å². The van der Waals surface area contributed by atoms with Gasteiger partial charge in [-0.05, 0) is 43.2 Å². The number of amides is 1. The number of aryl methyl sites for hydroxylation is 1.